The number of nitrogen functional groups attached to an aromatic ring is 4. The second-order valence-electron chi connectivity index (χ2n) is 8.23. The van der Waals surface area contributed by atoms with Crippen LogP contribution in [-0.2, 0) is 10.4 Å². The molecule has 12 nitrogen and oxygen atoms in total. The fraction of sp³-hybridized carbons (Fsp3) is 0. The van der Waals surface area contributed by atoms with E-state index in [1.54, 1.807) is 0 Å². The summed E-state index contributed by atoms with van der Waals surface area (Å²) in [4.78, 5) is 9.08. The molecule has 0 atom stereocenters. The van der Waals surface area contributed by atoms with Crippen LogP contribution in [0.4, 0.5) is 22.7 Å². The molecule has 0 radical (unpaired) electrons. The summed E-state index contributed by atoms with van der Waals surface area (Å²) in [6.45, 7) is 0. The molecule has 0 spiro atoms. The topological polar surface area (TPSA) is 267 Å². The van der Waals surface area contributed by atoms with Gasteiger partial charge in [-0.3, -0.25) is 9.11 Å². The molecule has 13 heteroatoms. The van der Waals surface area contributed by atoms with Crippen LogP contribution < -0.4 is 22.9 Å². The van der Waals surface area contributed by atoms with Gasteiger partial charge >= 0.3 is 10.4 Å². The van der Waals surface area contributed by atoms with Gasteiger partial charge in [0.15, 0.2) is 0 Å². The van der Waals surface area contributed by atoms with Gasteiger partial charge < -0.3 is 33.9 Å². The maximum absolute atomic E-state index is 8.74. The zero-order valence-electron chi connectivity index (χ0n) is 20.4. The lowest BCUT2D eigenvalue weighted by Crippen LogP contribution is -1.89. The Labute approximate surface area is 223 Å². The van der Waals surface area contributed by atoms with Gasteiger partial charge in [0.05, 0.1) is 22.1 Å². The lowest BCUT2D eigenvalue weighted by atomic mass is 10.1. The molecule has 0 bridgehead atoms. The zero-order valence-corrected chi connectivity index (χ0v) is 21.2. The van der Waals surface area contributed by atoms with Crippen LogP contribution in [-0.4, -0.2) is 38.4 Å². The first kappa shape index (κ1) is 30.4. The summed E-state index contributed by atoms with van der Waals surface area (Å²) < 4.78 is 31.6. The molecular formula is C26H28N6O6S. The van der Waals surface area contributed by atoms with E-state index >= 15 is 0 Å². The Kier molecular flexibility index (Phi) is 9.50. The molecule has 0 fully saturated rings. The highest BCUT2D eigenvalue weighted by atomic mass is 32.3. The number of hydrogen-bond acceptors (Lipinski definition) is 8. The van der Waals surface area contributed by atoms with Gasteiger partial charge in [-0.1, -0.05) is 24.3 Å². The normalized spacial score (nSPS) is 10.5. The van der Waals surface area contributed by atoms with E-state index < -0.39 is 10.4 Å². The van der Waals surface area contributed by atoms with Gasteiger partial charge in [-0.2, -0.15) is 8.42 Å². The van der Waals surface area contributed by atoms with Crippen molar-refractivity contribution in [3.05, 3.63) is 84.9 Å². The number of rotatable bonds is 0. The van der Waals surface area contributed by atoms with Crippen LogP contribution in [0, 0.1) is 0 Å². The average molecular weight is 553 g/mol. The van der Waals surface area contributed by atoms with Crippen molar-refractivity contribution in [3.63, 3.8) is 0 Å². The van der Waals surface area contributed by atoms with E-state index in [0.29, 0.717) is 0 Å². The molecule has 0 saturated carbocycles. The number of hydrogen-bond donors (Lipinski definition) is 6. The molecule has 14 N–H and O–H groups in total. The Morgan fingerprint density at radius 3 is 0.872 bits per heavy atom. The Morgan fingerprint density at radius 1 is 0.462 bits per heavy atom. The number of anilines is 4. The van der Waals surface area contributed by atoms with E-state index in [-0.39, 0.29) is 11.0 Å². The standard InChI is InChI=1S/2C13H11N3.H2O4S.2H2O/c2*14-10-3-1-8-5-9-2-4-11(15)7-13(9)16-12(8)6-10;1-5(2,3)4;;/h2*1-7H,14-15H2;(H2,1,2,3,4);2*1H2. The van der Waals surface area contributed by atoms with E-state index in [0.717, 1.165) is 66.4 Å². The third-order valence-electron chi connectivity index (χ3n) is 5.32. The Hall–Kier alpha value is -4.79. The number of nitrogens with zero attached hydrogens (tertiary/aromatic N) is 2. The smallest absolute Gasteiger partial charge is 0.394 e. The van der Waals surface area contributed by atoms with E-state index in [2.05, 4.69) is 22.1 Å². The molecule has 4 aromatic carbocycles. The maximum atomic E-state index is 8.74. The van der Waals surface area contributed by atoms with Crippen LogP contribution in [0.15, 0.2) is 84.9 Å². The van der Waals surface area contributed by atoms with Crippen molar-refractivity contribution in [3.8, 4) is 0 Å². The molecule has 39 heavy (non-hydrogen) atoms. The van der Waals surface area contributed by atoms with Crippen LogP contribution in [0.1, 0.15) is 0 Å². The fourth-order valence-electron chi connectivity index (χ4n) is 3.71. The van der Waals surface area contributed by atoms with Crippen molar-refractivity contribution in [2.75, 3.05) is 22.9 Å². The van der Waals surface area contributed by atoms with Crippen molar-refractivity contribution >= 4 is 76.8 Å². The summed E-state index contributed by atoms with van der Waals surface area (Å²) in [5.41, 5.74) is 29.4. The van der Waals surface area contributed by atoms with Crippen molar-refractivity contribution < 1.29 is 28.5 Å². The quantitative estimate of drug-likeness (QED) is 0.0910. The first-order valence-electron chi connectivity index (χ1n) is 10.9. The van der Waals surface area contributed by atoms with Crippen LogP contribution in [0.3, 0.4) is 0 Å². The van der Waals surface area contributed by atoms with E-state index in [1.807, 2.05) is 72.8 Å². The minimum absolute atomic E-state index is 0. The van der Waals surface area contributed by atoms with Crippen LogP contribution in [0.25, 0.3) is 43.6 Å². The number of nitrogens with two attached hydrogens (primary N) is 4. The summed E-state index contributed by atoms with van der Waals surface area (Å²) in [6, 6.07) is 27.1. The van der Waals surface area contributed by atoms with Crippen molar-refractivity contribution in [1.82, 2.24) is 9.97 Å². The molecule has 0 saturated heterocycles. The first-order chi connectivity index (χ1) is 17.4. The van der Waals surface area contributed by atoms with Crippen LogP contribution in [0.5, 0.6) is 0 Å². The molecular weight excluding hydrogens is 524 g/mol. The zero-order chi connectivity index (χ0) is 26.7. The van der Waals surface area contributed by atoms with Crippen LogP contribution >= 0.6 is 0 Å². The van der Waals surface area contributed by atoms with Crippen LogP contribution in [0.2, 0.25) is 0 Å². The molecule has 0 amide bonds. The van der Waals surface area contributed by atoms with Gasteiger partial charge in [-0.05, 0) is 60.7 Å². The van der Waals surface area contributed by atoms with E-state index in [9.17, 15) is 0 Å². The number of aromatic nitrogens is 2. The molecule has 0 aliphatic carbocycles. The molecule has 0 aliphatic rings. The third kappa shape index (κ3) is 8.10. The van der Waals surface area contributed by atoms with Gasteiger partial charge in [-0.25, -0.2) is 9.97 Å². The Morgan fingerprint density at radius 2 is 0.667 bits per heavy atom. The van der Waals surface area contributed by atoms with Gasteiger partial charge in [0.1, 0.15) is 0 Å². The van der Waals surface area contributed by atoms with Crippen molar-refractivity contribution in [1.29, 1.82) is 0 Å². The second-order valence-corrected chi connectivity index (χ2v) is 9.13. The fourth-order valence-corrected chi connectivity index (χ4v) is 3.71. The predicted octanol–water partition coefficient (Wildman–Crippen LogP) is 2.80. The number of benzene rings is 4. The number of pyridine rings is 2. The summed E-state index contributed by atoms with van der Waals surface area (Å²) in [5.74, 6) is 0. The van der Waals surface area contributed by atoms with Gasteiger partial charge in [-0.15, -0.1) is 0 Å². The summed E-state index contributed by atoms with van der Waals surface area (Å²) in [6.07, 6.45) is 0. The average Bonchev–Trinajstić information content (AvgIpc) is 2.81. The lowest BCUT2D eigenvalue weighted by Gasteiger charge is -2.03. The second kappa shape index (κ2) is 12.2. The maximum Gasteiger partial charge on any atom is 0.394 e. The highest BCUT2D eigenvalue weighted by Crippen LogP contribution is 2.24. The first-order valence-corrected chi connectivity index (χ1v) is 12.3. The molecule has 0 aliphatic heterocycles. The number of fused-ring (bicyclic) bond motifs is 4. The Balaban J connectivity index is 0.000000224. The van der Waals surface area contributed by atoms with Gasteiger partial charge in [0.2, 0.25) is 0 Å². The summed E-state index contributed by atoms with van der Waals surface area (Å²) in [5, 5.41) is 4.36. The van der Waals surface area contributed by atoms with Crippen molar-refractivity contribution in [2.45, 2.75) is 0 Å². The minimum atomic E-state index is -4.67. The Bertz CT molecular complexity index is 1640. The van der Waals surface area contributed by atoms with E-state index in [4.69, 9.17) is 40.5 Å². The minimum Gasteiger partial charge on any atom is -0.412 e. The molecule has 6 rings (SSSR count). The van der Waals surface area contributed by atoms with Gasteiger partial charge in [0, 0.05) is 44.3 Å². The highest BCUT2D eigenvalue weighted by Gasteiger charge is 2.02. The monoisotopic (exact) mass is 552 g/mol. The summed E-state index contributed by atoms with van der Waals surface area (Å²) >= 11 is 0. The summed E-state index contributed by atoms with van der Waals surface area (Å²) in [7, 11) is -4.67. The van der Waals surface area contributed by atoms with Crippen molar-refractivity contribution in [2.24, 2.45) is 0 Å². The molecule has 2 heterocycles. The van der Waals surface area contributed by atoms with Gasteiger partial charge in [0.25, 0.3) is 0 Å². The molecule has 6 aromatic rings. The largest absolute Gasteiger partial charge is 0.412 e. The SMILES string of the molecule is Nc1ccc2cc3ccc(N)cc3nc2c1.Nc1ccc2cc3ccc(N)cc3nc2c1.O.O.O=S(=O)(O)O. The third-order valence-corrected chi connectivity index (χ3v) is 5.32. The predicted molar refractivity (Wildman–Crippen MR) is 158 cm³/mol. The molecule has 0 unspecified atom stereocenters. The molecule has 204 valence electrons. The van der Waals surface area contributed by atoms with E-state index in [1.165, 1.54) is 0 Å². The lowest BCUT2D eigenvalue weighted by molar-refractivity contribution is 0.381. The highest BCUT2D eigenvalue weighted by molar-refractivity contribution is 7.79. The molecule has 2 aromatic heterocycles.